The lowest BCUT2D eigenvalue weighted by Crippen LogP contribution is -2.42. The Morgan fingerprint density at radius 1 is 1.32 bits per heavy atom. The number of rotatable bonds is 2. The molecule has 0 aromatic heterocycles. The van der Waals surface area contributed by atoms with Gasteiger partial charge in [0.2, 0.25) is 10.0 Å². The predicted molar refractivity (Wildman–Crippen MR) is 72.5 cm³/mol. The molecule has 0 amide bonds. The average Bonchev–Trinajstić information content (AvgIpc) is 2.35. The molecule has 1 aliphatic heterocycles. The molecule has 4 nitrogen and oxygen atoms in total. The zero-order valence-electron chi connectivity index (χ0n) is 11.1. The molecule has 2 N–H and O–H groups in total. The molecule has 1 aromatic carbocycles. The number of sulfonamides is 1. The third-order valence-corrected chi connectivity index (χ3v) is 5.85. The highest BCUT2D eigenvalue weighted by Gasteiger charge is 2.33. The van der Waals surface area contributed by atoms with Crippen molar-refractivity contribution in [3.05, 3.63) is 24.0 Å². The molecule has 1 saturated heterocycles. The van der Waals surface area contributed by atoms with Gasteiger partial charge < -0.3 is 5.73 Å². The Bertz CT molecular complexity index is 574. The lowest BCUT2D eigenvalue weighted by atomic mass is 9.90. The van der Waals surface area contributed by atoms with Crippen LogP contribution in [0.15, 0.2) is 23.1 Å². The summed E-state index contributed by atoms with van der Waals surface area (Å²) in [7, 11) is -3.70. The first-order valence-corrected chi connectivity index (χ1v) is 7.82. The summed E-state index contributed by atoms with van der Waals surface area (Å²) in [5.41, 5.74) is 5.26. The van der Waals surface area contributed by atoms with Gasteiger partial charge in [0, 0.05) is 13.1 Å². The van der Waals surface area contributed by atoms with Crippen LogP contribution < -0.4 is 5.73 Å². The van der Waals surface area contributed by atoms with Crippen molar-refractivity contribution in [3.63, 3.8) is 0 Å². The molecule has 6 heteroatoms. The van der Waals surface area contributed by atoms with Crippen molar-refractivity contribution in [3.8, 4) is 0 Å². The van der Waals surface area contributed by atoms with E-state index in [2.05, 4.69) is 6.92 Å². The quantitative estimate of drug-likeness (QED) is 0.847. The summed E-state index contributed by atoms with van der Waals surface area (Å²) in [6, 6.07) is 3.89. The lowest BCUT2D eigenvalue weighted by molar-refractivity contribution is 0.212. The number of anilines is 1. The smallest absolute Gasteiger partial charge is 0.245 e. The summed E-state index contributed by atoms with van der Waals surface area (Å²) in [6.45, 7) is 5.07. The normalized spacial score (nSPS) is 25.4. The lowest BCUT2D eigenvalue weighted by Gasteiger charge is -2.34. The maximum atomic E-state index is 13.4. The van der Waals surface area contributed by atoms with E-state index >= 15 is 0 Å². The fourth-order valence-corrected chi connectivity index (χ4v) is 4.01. The zero-order valence-corrected chi connectivity index (χ0v) is 12.0. The van der Waals surface area contributed by atoms with Crippen LogP contribution in [0.25, 0.3) is 0 Å². The molecule has 0 spiro atoms. The standard InChI is InChI=1S/C13H19FN2O2S/c1-9-6-7-16(8-10(9)2)19(17,18)12-5-3-4-11(14)13(12)15/h3-5,9-10H,6-8,15H2,1-2H3. The Labute approximate surface area is 113 Å². The monoisotopic (exact) mass is 286 g/mol. The summed E-state index contributed by atoms with van der Waals surface area (Å²) < 4.78 is 39.8. The first-order chi connectivity index (χ1) is 8.84. The maximum Gasteiger partial charge on any atom is 0.245 e. The highest BCUT2D eigenvalue weighted by molar-refractivity contribution is 7.89. The third-order valence-electron chi connectivity index (χ3n) is 3.93. The van der Waals surface area contributed by atoms with Crippen molar-refractivity contribution in [1.82, 2.24) is 4.31 Å². The minimum atomic E-state index is -3.70. The van der Waals surface area contributed by atoms with Crippen LogP contribution in [-0.4, -0.2) is 25.8 Å². The van der Waals surface area contributed by atoms with E-state index in [0.717, 1.165) is 12.5 Å². The van der Waals surface area contributed by atoms with Gasteiger partial charge in [0.15, 0.2) is 0 Å². The second-order valence-corrected chi connectivity index (χ2v) is 7.16. The number of halogens is 1. The molecule has 0 radical (unpaired) electrons. The summed E-state index contributed by atoms with van der Waals surface area (Å²) in [5.74, 6) is 0.0918. The number of para-hydroxylation sites is 1. The first-order valence-electron chi connectivity index (χ1n) is 6.38. The van der Waals surface area contributed by atoms with Crippen molar-refractivity contribution in [2.75, 3.05) is 18.8 Å². The van der Waals surface area contributed by atoms with Crippen LogP contribution in [0.1, 0.15) is 20.3 Å². The number of hydrogen-bond donors (Lipinski definition) is 1. The second-order valence-electron chi connectivity index (χ2n) is 5.26. The summed E-state index contributed by atoms with van der Waals surface area (Å²) in [5, 5.41) is 0. The van der Waals surface area contributed by atoms with E-state index in [9.17, 15) is 12.8 Å². The highest BCUT2D eigenvalue weighted by Crippen LogP contribution is 2.30. The van der Waals surface area contributed by atoms with Gasteiger partial charge in [-0.15, -0.1) is 0 Å². The van der Waals surface area contributed by atoms with Crippen molar-refractivity contribution < 1.29 is 12.8 Å². The third kappa shape index (κ3) is 2.60. The summed E-state index contributed by atoms with van der Waals surface area (Å²) in [6.07, 6.45) is 0.815. The summed E-state index contributed by atoms with van der Waals surface area (Å²) in [4.78, 5) is -0.130. The van der Waals surface area contributed by atoms with Gasteiger partial charge in [-0.05, 0) is 30.4 Å². The minimum Gasteiger partial charge on any atom is -0.395 e. The van der Waals surface area contributed by atoms with Crippen LogP contribution in [0.5, 0.6) is 0 Å². The van der Waals surface area contributed by atoms with E-state index in [0.29, 0.717) is 24.9 Å². The average molecular weight is 286 g/mol. The fourth-order valence-electron chi connectivity index (χ4n) is 2.32. The van der Waals surface area contributed by atoms with E-state index in [1.165, 1.54) is 16.4 Å². The number of nitrogens with zero attached hydrogens (tertiary/aromatic N) is 1. The van der Waals surface area contributed by atoms with E-state index in [1.807, 2.05) is 6.92 Å². The molecule has 0 bridgehead atoms. The molecule has 1 aliphatic rings. The van der Waals surface area contributed by atoms with Crippen molar-refractivity contribution in [1.29, 1.82) is 0 Å². The van der Waals surface area contributed by atoms with Crippen LogP contribution in [0.2, 0.25) is 0 Å². The Morgan fingerprint density at radius 2 is 2.00 bits per heavy atom. The molecule has 19 heavy (non-hydrogen) atoms. The maximum absolute atomic E-state index is 13.4. The Hall–Kier alpha value is -1.14. The molecule has 2 rings (SSSR count). The van der Waals surface area contributed by atoms with Crippen molar-refractivity contribution >= 4 is 15.7 Å². The Kier molecular flexibility index (Phi) is 3.82. The largest absolute Gasteiger partial charge is 0.395 e. The van der Waals surface area contributed by atoms with Gasteiger partial charge >= 0.3 is 0 Å². The van der Waals surface area contributed by atoms with Gasteiger partial charge in [0.25, 0.3) is 0 Å². The Morgan fingerprint density at radius 3 is 2.63 bits per heavy atom. The molecule has 0 saturated carbocycles. The number of hydrogen-bond acceptors (Lipinski definition) is 3. The van der Waals surface area contributed by atoms with Crippen LogP contribution in [-0.2, 0) is 10.0 Å². The second kappa shape index (κ2) is 5.09. The molecule has 0 aliphatic carbocycles. The van der Waals surface area contributed by atoms with Gasteiger partial charge in [-0.3, -0.25) is 0 Å². The molecule has 2 atom stereocenters. The van der Waals surface area contributed by atoms with Crippen LogP contribution in [0.3, 0.4) is 0 Å². The molecular weight excluding hydrogens is 267 g/mol. The zero-order chi connectivity index (χ0) is 14.2. The molecule has 106 valence electrons. The SMILES string of the molecule is CC1CCN(S(=O)(=O)c2cccc(F)c2N)CC1C. The van der Waals surface area contributed by atoms with E-state index < -0.39 is 15.8 Å². The molecule has 1 aromatic rings. The molecule has 2 unspecified atom stereocenters. The van der Waals surface area contributed by atoms with Crippen molar-refractivity contribution in [2.24, 2.45) is 11.8 Å². The van der Waals surface area contributed by atoms with Gasteiger partial charge in [0.1, 0.15) is 10.7 Å². The van der Waals surface area contributed by atoms with Gasteiger partial charge in [-0.25, -0.2) is 12.8 Å². The van der Waals surface area contributed by atoms with Gasteiger partial charge in [0.05, 0.1) is 5.69 Å². The van der Waals surface area contributed by atoms with Crippen LogP contribution in [0.4, 0.5) is 10.1 Å². The minimum absolute atomic E-state index is 0.130. The fraction of sp³-hybridized carbons (Fsp3) is 0.538. The number of nitrogens with two attached hydrogens (primary N) is 1. The van der Waals surface area contributed by atoms with E-state index in [-0.39, 0.29) is 10.6 Å². The molecular formula is C13H19FN2O2S. The molecule has 1 heterocycles. The van der Waals surface area contributed by atoms with Gasteiger partial charge in [-0.2, -0.15) is 4.31 Å². The van der Waals surface area contributed by atoms with Gasteiger partial charge in [-0.1, -0.05) is 19.9 Å². The highest BCUT2D eigenvalue weighted by atomic mass is 32.2. The topological polar surface area (TPSA) is 63.4 Å². The predicted octanol–water partition coefficient (Wildman–Crippen LogP) is 2.07. The number of benzene rings is 1. The van der Waals surface area contributed by atoms with E-state index in [1.54, 1.807) is 0 Å². The number of piperidine rings is 1. The van der Waals surface area contributed by atoms with Crippen LogP contribution in [0, 0.1) is 17.7 Å². The first kappa shape index (κ1) is 14.3. The van der Waals surface area contributed by atoms with Crippen molar-refractivity contribution in [2.45, 2.75) is 25.2 Å². The Balaban J connectivity index is 2.35. The van der Waals surface area contributed by atoms with E-state index in [4.69, 9.17) is 5.73 Å². The number of nitrogen functional groups attached to an aromatic ring is 1. The summed E-state index contributed by atoms with van der Waals surface area (Å²) >= 11 is 0. The molecule has 1 fully saturated rings. The van der Waals surface area contributed by atoms with Crippen LogP contribution >= 0.6 is 0 Å².